The molecule has 0 amide bonds. The van der Waals surface area contributed by atoms with Crippen LogP contribution in [0.25, 0.3) is 0 Å². The van der Waals surface area contributed by atoms with E-state index in [1.54, 1.807) is 12.2 Å². The van der Waals surface area contributed by atoms with Gasteiger partial charge in [0.1, 0.15) is 0 Å². The van der Waals surface area contributed by atoms with Crippen molar-refractivity contribution in [2.45, 2.75) is 51.9 Å². The van der Waals surface area contributed by atoms with Crippen molar-refractivity contribution in [1.82, 2.24) is 0 Å². The largest absolute Gasteiger partial charge is 0.481 e. The van der Waals surface area contributed by atoms with Crippen molar-refractivity contribution in [2.24, 2.45) is 0 Å². The number of hydrogen-bond donors (Lipinski definition) is 1. The highest BCUT2D eigenvalue weighted by molar-refractivity contribution is 5.90. The Labute approximate surface area is 151 Å². The van der Waals surface area contributed by atoms with E-state index in [1.165, 1.54) is 0 Å². The predicted molar refractivity (Wildman–Crippen MR) is 105 cm³/mol. The lowest BCUT2D eigenvalue weighted by atomic mass is 10.2. The van der Waals surface area contributed by atoms with E-state index in [4.69, 9.17) is 5.11 Å². The quantitative estimate of drug-likeness (QED) is 0.249. The molecular formula is C22H30O3. The predicted octanol–water partition coefficient (Wildman–Crippen LogP) is 5.73. The Bertz CT molecular complexity index is 531. The molecule has 1 N–H and O–H groups in total. The molecule has 0 fully saturated rings. The van der Waals surface area contributed by atoms with Gasteiger partial charge in [-0.1, -0.05) is 73.8 Å². The van der Waals surface area contributed by atoms with Gasteiger partial charge in [-0.3, -0.25) is 9.59 Å². The summed E-state index contributed by atoms with van der Waals surface area (Å²) in [6.07, 6.45) is 28.0. The first-order valence-electron chi connectivity index (χ1n) is 8.84. The molecule has 0 spiro atoms. The maximum Gasteiger partial charge on any atom is 0.303 e. The molecule has 3 nitrogen and oxygen atoms in total. The van der Waals surface area contributed by atoms with E-state index in [9.17, 15) is 9.59 Å². The number of aliphatic carboxylic acids is 1. The smallest absolute Gasteiger partial charge is 0.303 e. The van der Waals surface area contributed by atoms with Crippen molar-refractivity contribution in [3.63, 3.8) is 0 Å². The van der Waals surface area contributed by atoms with Crippen LogP contribution in [0.5, 0.6) is 0 Å². The van der Waals surface area contributed by atoms with Crippen LogP contribution in [0.3, 0.4) is 0 Å². The fraction of sp³-hybridized carbons (Fsp3) is 0.364. The fourth-order valence-electron chi connectivity index (χ4n) is 1.80. The molecule has 0 atom stereocenters. The zero-order valence-electron chi connectivity index (χ0n) is 15.1. The summed E-state index contributed by atoms with van der Waals surface area (Å²) in [6, 6.07) is 0. The van der Waals surface area contributed by atoms with E-state index in [2.05, 4.69) is 19.1 Å². The van der Waals surface area contributed by atoms with Crippen LogP contribution in [-0.4, -0.2) is 16.9 Å². The van der Waals surface area contributed by atoms with Gasteiger partial charge in [0.2, 0.25) is 0 Å². The van der Waals surface area contributed by atoms with Crippen LogP contribution in [0, 0.1) is 0 Å². The number of carboxylic acid groups (broad SMARTS) is 1. The molecule has 0 aromatic rings. The summed E-state index contributed by atoms with van der Waals surface area (Å²) in [4.78, 5) is 21.9. The lowest BCUT2D eigenvalue weighted by Crippen LogP contribution is -1.91. The molecule has 0 saturated carbocycles. The summed E-state index contributed by atoms with van der Waals surface area (Å²) < 4.78 is 0. The lowest BCUT2D eigenvalue weighted by molar-refractivity contribution is -0.136. The van der Waals surface area contributed by atoms with Crippen LogP contribution in [0.2, 0.25) is 0 Å². The van der Waals surface area contributed by atoms with Gasteiger partial charge in [-0.15, -0.1) is 0 Å². The summed E-state index contributed by atoms with van der Waals surface area (Å²) in [6.45, 7) is 2.10. The third-order valence-electron chi connectivity index (χ3n) is 3.09. The topological polar surface area (TPSA) is 54.4 Å². The van der Waals surface area contributed by atoms with Crippen molar-refractivity contribution in [3.8, 4) is 0 Å². The zero-order valence-corrected chi connectivity index (χ0v) is 15.1. The first-order valence-corrected chi connectivity index (χ1v) is 8.84. The molecular weight excluding hydrogens is 312 g/mol. The Balaban J connectivity index is 3.72. The highest BCUT2D eigenvalue weighted by atomic mass is 16.4. The Morgan fingerprint density at radius 2 is 1.36 bits per heavy atom. The van der Waals surface area contributed by atoms with Crippen LogP contribution in [0.4, 0.5) is 0 Å². The summed E-state index contributed by atoms with van der Waals surface area (Å²) in [5, 5.41) is 8.49. The van der Waals surface area contributed by atoms with Gasteiger partial charge in [0.05, 0.1) is 0 Å². The molecule has 0 rings (SSSR count). The second kappa shape index (κ2) is 17.9. The highest BCUT2D eigenvalue weighted by Gasteiger charge is 1.91. The van der Waals surface area contributed by atoms with Crippen molar-refractivity contribution in [3.05, 3.63) is 72.9 Å². The number of ketones is 1. The summed E-state index contributed by atoms with van der Waals surface area (Å²) >= 11 is 0. The van der Waals surface area contributed by atoms with Gasteiger partial charge in [0.15, 0.2) is 5.78 Å². The minimum Gasteiger partial charge on any atom is -0.481 e. The van der Waals surface area contributed by atoms with Crippen molar-refractivity contribution < 1.29 is 14.7 Å². The number of carbonyl (C=O) groups excluding carboxylic acids is 1. The first kappa shape index (κ1) is 22.6. The average Bonchev–Trinajstić information content (AvgIpc) is 2.58. The number of allylic oxidation sites excluding steroid dienone is 12. The maximum absolute atomic E-state index is 11.6. The van der Waals surface area contributed by atoms with Gasteiger partial charge in [0, 0.05) is 12.8 Å². The molecule has 0 radical (unpaired) electrons. The van der Waals surface area contributed by atoms with Gasteiger partial charge in [-0.2, -0.15) is 0 Å². The molecule has 0 aliphatic rings. The van der Waals surface area contributed by atoms with Gasteiger partial charge in [0.25, 0.3) is 0 Å². The lowest BCUT2D eigenvalue weighted by Gasteiger charge is -1.88. The Morgan fingerprint density at radius 3 is 2.04 bits per heavy atom. The van der Waals surface area contributed by atoms with Crippen LogP contribution in [0.15, 0.2) is 72.9 Å². The van der Waals surface area contributed by atoms with E-state index in [1.807, 2.05) is 48.6 Å². The highest BCUT2D eigenvalue weighted by Crippen LogP contribution is 1.97. The minimum atomic E-state index is -0.769. The second-order valence-electron chi connectivity index (χ2n) is 5.39. The molecule has 25 heavy (non-hydrogen) atoms. The number of carbonyl (C=O) groups is 2. The summed E-state index contributed by atoms with van der Waals surface area (Å²) in [5.74, 6) is -0.676. The van der Waals surface area contributed by atoms with Gasteiger partial charge < -0.3 is 5.11 Å². The number of hydrogen-bond acceptors (Lipinski definition) is 2. The van der Waals surface area contributed by atoms with Gasteiger partial charge in [-0.05, 0) is 38.2 Å². The van der Waals surface area contributed by atoms with Gasteiger partial charge in [-0.25, -0.2) is 0 Å². The molecule has 0 aromatic heterocycles. The fourth-order valence-corrected chi connectivity index (χ4v) is 1.80. The molecule has 0 aliphatic heterocycles. The monoisotopic (exact) mass is 342 g/mol. The van der Waals surface area contributed by atoms with E-state index < -0.39 is 5.97 Å². The van der Waals surface area contributed by atoms with Crippen LogP contribution in [0.1, 0.15) is 51.9 Å². The molecule has 0 bridgehead atoms. The van der Waals surface area contributed by atoms with Crippen molar-refractivity contribution in [1.29, 1.82) is 0 Å². The minimum absolute atomic E-state index is 0.0929. The van der Waals surface area contributed by atoms with Crippen LogP contribution in [-0.2, 0) is 9.59 Å². The SMILES string of the molecule is CC/C=C\C/C=C\C=C/C(=O)C/C=C\C/C=C\C/C=C\CCC(=O)O. The Kier molecular flexibility index (Phi) is 16.2. The number of rotatable bonds is 14. The van der Waals surface area contributed by atoms with Gasteiger partial charge >= 0.3 is 5.97 Å². The van der Waals surface area contributed by atoms with Crippen LogP contribution < -0.4 is 0 Å². The second-order valence-corrected chi connectivity index (χ2v) is 5.39. The van der Waals surface area contributed by atoms with E-state index >= 15 is 0 Å². The Hall–Kier alpha value is -2.42. The standard InChI is InChI=1S/C22H30O3/c1-2-3-4-5-9-12-15-18-21(23)19-16-13-10-7-6-8-11-14-17-20-22(24)25/h3-4,6-7,9,11-16,18H,2,5,8,10,17,19-20H2,1H3,(H,24,25)/b4-3-,7-6-,12-9-,14-11-,16-13-,18-15-. The maximum atomic E-state index is 11.6. The van der Waals surface area contributed by atoms with Crippen molar-refractivity contribution >= 4 is 11.8 Å². The normalized spacial score (nSPS) is 12.8. The zero-order chi connectivity index (χ0) is 18.6. The Morgan fingerprint density at radius 1 is 0.760 bits per heavy atom. The third kappa shape index (κ3) is 19.5. The summed E-state index contributed by atoms with van der Waals surface area (Å²) in [7, 11) is 0. The van der Waals surface area contributed by atoms with E-state index in [0.717, 1.165) is 25.7 Å². The first-order chi connectivity index (χ1) is 12.2. The van der Waals surface area contributed by atoms with Crippen LogP contribution >= 0.6 is 0 Å². The molecule has 0 unspecified atom stereocenters. The third-order valence-corrected chi connectivity index (χ3v) is 3.09. The molecule has 136 valence electrons. The summed E-state index contributed by atoms with van der Waals surface area (Å²) in [5.41, 5.74) is 0. The molecule has 0 saturated heterocycles. The molecule has 3 heteroatoms. The van der Waals surface area contributed by atoms with E-state index in [-0.39, 0.29) is 12.2 Å². The average molecular weight is 342 g/mol. The molecule has 0 heterocycles. The van der Waals surface area contributed by atoms with Crippen molar-refractivity contribution in [2.75, 3.05) is 0 Å². The number of carboxylic acids is 1. The molecule has 0 aromatic carbocycles. The molecule has 0 aliphatic carbocycles. The van der Waals surface area contributed by atoms with E-state index in [0.29, 0.717) is 12.8 Å².